The van der Waals surface area contributed by atoms with Crippen molar-refractivity contribution in [2.75, 3.05) is 13.6 Å². The van der Waals surface area contributed by atoms with Crippen molar-refractivity contribution in [1.29, 1.82) is 0 Å². The molecule has 0 N–H and O–H groups in total. The highest BCUT2D eigenvalue weighted by Crippen LogP contribution is 2.32. The van der Waals surface area contributed by atoms with Gasteiger partial charge < -0.3 is 4.90 Å². The van der Waals surface area contributed by atoms with Gasteiger partial charge in [-0.2, -0.15) is 0 Å². The van der Waals surface area contributed by atoms with Crippen LogP contribution in [0.15, 0.2) is 38.2 Å². The third-order valence-electron chi connectivity index (χ3n) is 2.72. The van der Waals surface area contributed by atoms with Crippen molar-refractivity contribution in [2.24, 2.45) is 0 Å². The van der Waals surface area contributed by atoms with Gasteiger partial charge in [-0.15, -0.1) is 11.3 Å². The number of likely N-dealkylation sites (N-methyl/N-ethyl adjacent to an activating group) is 1. The third kappa shape index (κ3) is 3.87. The minimum absolute atomic E-state index is 0.0304. The number of carbonyl (C=O) groups is 1. The maximum Gasteiger partial charge on any atom is 0.255 e. The van der Waals surface area contributed by atoms with E-state index in [1.807, 2.05) is 25.2 Å². The average molecular weight is 404 g/mol. The Morgan fingerprint density at radius 1 is 1.37 bits per heavy atom. The molecular formula is C13H12Br2N2OS. The van der Waals surface area contributed by atoms with Gasteiger partial charge in [-0.1, -0.05) is 0 Å². The van der Waals surface area contributed by atoms with Crippen LogP contribution in [0.2, 0.25) is 0 Å². The second kappa shape index (κ2) is 6.63. The van der Waals surface area contributed by atoms with Crippen LogP contribution in [0.5, 0.6) is 0 Å². The summed E-state index contributed by atoms with van der Waals surface area (Å²) in [6.07, 6.45) is 4.36. The number of halogens is 2. The largest absolute Gasteiger partial charge is 0.341 e. The summed E-state index contributed by atoms with van der Waals surface area (Å²) >= 11 is 8.31. The van der Waals surface area contributed by atoms with E-state index in [-0.39, 0.29) is 5.91 Å². The summed E-state index contributed by atoms with van der Waals surface area (Å²) in [7, 11) is 1.82. The van der Waals surface area contributed by atoms with E-state index in [1.165, 1.54) is 16.9 Å². The van der Waals surface area contributed by atoms with Gasteiger partial charge in [0.1, 0.15) is 0 Å². The highest BCUT2D eigenvalue weighted by atomic mass is 79.9. The minimum Gasteiger partial charge on any atom is -0.341 e. The van der Waals surface area contributed by atoms with Gasteiger partial charge in [-0.05, 0) is 62.0 Å². The van der Waals surface area contributed by atoms with E-state index in [0.717, 1.165) is 14.0 Å². The normalized spacial score (nSPS) is 10.5. The topological polar surface area (TPSA) is 33.2 Å². The van der Waals surface area contributed by atoms with Crippen LogP contribution in [0, 0.1) is 0 Å². The molecule has 100 valence electrons. The minimum atomic E-state index is 0.0304. The summed E-state index contributed by atoms with van der Waals surface area (Å²) in [6.45, 7) is 0.683. The number of thiophene rings is 1. The van der Waals surface area contributed by atoms with E-state index in [9.17, 15) is 4.79 Å². The van der Waals surface area contributed by atoms with Crippen LogP contribution in [0.4, 0.5) is 0 Å². The summed E-state index contributed by atoms with van der Waals surface area (Å²) in [5, 5.41) is 0. The molecule has 0 atom stereocenters. The molecule has 2 aromatic rings. The SMILES string of the molecule is CN(CCc1ccncc1)C(=O)c1cc(Br)sc1Br. The Kier molecular flexibility index (Phi) is 5.13. The average Bonchev–Trinajstić information content (AvgIpc) is 2.75. The smallest absolute Gasteiger partial charge is 0.255 e. The molecule has 0 spiro atoms. The zero-order chi connectivity index (χ0) is 13.8. The van der Waals surface area contributed by atoms with Crippen molar-refractivity contribution in [3.8, 4) is 0 Å². The maximum atomic E-state index is 12.3. The fourth-order valence-corrected chi connectivity index (χ4v) is 4.42. The van der Waals surface area contributed by atoms with Gasteiger partial charge in [-0.3, -0.25) is 9.78 Å². The fraction of sp³-hybridized carbons (Fsp3) is 0.231. The Hall–Kier alpha value is -0.720. The van der Waals surface area contributed by atoms with Crippen molar-refractivity contribution in [2.45, 2.75) is 6.42 Å². The quantitative estimate of drug-likeness (QED) is 0.773. The van der Waals surface area contributed by atoms with Crippen LogP contribution in [0.1, 0.15) is 15.9 Å². The van der Waals surface area contributed by atoms with Crippen LogP contribution < -0.4 is 0 Å². The third-order valence-corrected chi connectivity index (χ3v) is 5.06. The van der Waals surface area contributed by atoms with E-state index < -0.39 is 0 Å². The molecule has 0 aliphatic heterocycles. The van der Waals surface area contributed by atoms with Crippen molar-refractivity contribution in [3.63, 3.8) is 0 Å². The van der Waals surface area contributed by atoms with Crippen LogP contribution in [-0.4, -0.2) is 29.4 Å². The molecule has 1 amide bonds. The van der Waals surface area contributed by atoms with Crippen LogP contribution in [-0.2, 0) is 6.42 Å². The lowest BCUT2D eigenvalue weighted by Gasteiger charge is -2.16. The Morgan fingerprint density at radius 2 is 2.05 bits per heavy atom. The predicted octanol–water partition coefficient (Wildman–Crippen LogP) is 3.98. The molecule has 0 radical (unpaired) electrons. The number of pyridine rings is 1. The Balaban J connectivity index is 1.98. The number of amides is 1. The standard InChI is InChI=1S/C13H12Br2N2OS/c1-17(7-4-9-2-5-16-6-3-9)13(18)10-8-11(14)19-12(10)15/h2-3,5-6,8H,4,7H2,1H3. The molecule has 6 heteroatoms. The molecule has 2 rings (SSSR count). The molecule has 0 saturated carbocycles. The van der Waals surface area contributed by atoms with Gasteiger partial charge in [0.05, 0.1) is 13.1 Å². The zero-order valence-corrected chi connectivity index (χ0v) is 14.3. The molecule has 3 nitrogen and oxygen atoms in total. The number of aromatic nitrogens is 1. The number of rotatable bonds is 4. The van der Waals surface area contributed by atoms with Gasteiger partial charge in [0.15, 0.2) is 0 Å². The zero-order valence-electron chi connectivity index (χ0n) is 10.3. The summed E-state index contributed by atoms with van der Waals surface area (Å²) in [6, 6.07) is 5.78. The number of hydrogen-bond acceptors (Lipinski definition) is 3. The van der Waals surface area contributed by atoms with Crippen LogP contribution >= 0.6 is 43.2 Å². The molecule has 19 heavy (non-hydrogen) atoms. The predicted molar refractivity (Wildman–Crippen MR) is 84.6 cm³/mol. The first kappa shape index (κ1) is 14.7. The van der Waals surface area contributed by atoms with Crippen molar-refractivity contribution < 1.29 is 4.79 Å². The van der Waals surface area contributed by atoms with E-state index in [0.29, 0.717) is 12.1 Å². The molecule has 0 saturated heterocycles. The Bertz CT molecular complexity index is 571. The Morgan fingerprint density at radius 3 is 2.63 bits per heavy atom. The first-order valence-electron chi connectivity index (χ1n) is 5.67. The monoisotopic (exact) mass is 402 g/mol. The van der Waals surface area contributed by atoms with Gasteiger partial charge in [-0.25, -0.2) is 0 Å². The van der Waals surface area contributed by atoms with E-state index in [4.69, 9.17) is 0 Å². The molecule has 0 unspecified atom stereocenters. The first-order chi connectivity index (χ1) is 9.08. The highest BCUT2D eigenvalue weighted by molar-refractivity contribution is 9.12. The summed E-state index contributed by atoms with van der Waals surface area (Å²) in [5.41, 5.74) is 1.88. The van der Waals surface area contributed by atoms with Gasteiger partial charge in [0, 0.05) is 26.0 Å². The first-order valence-corrected chi connectivity index (χ1v) is 8.07. The van der Waals surface area contributed by atoms with Crippen molar-refractivity contribution >= 4 is 49.1 Å². The summed E-state index contributed by atoms with van der Waals surface area (Å²) in [4.78, 5) is 18.0. The fourth-order valence-electron chi connectivity index (χ4n) is 1.64. The lowest BCUT2D eigenvalue weighted by atomic mass is 10.2. The molecule has 0 aliphatic carbocycles. The van der Waals surface area contributed by atoms with Crippen molar-refractivity contribution in [3.05, 3.63) is 49.3 Å². The summed E-state index contributed by atoms with van der Waals surface area (Å²) < 4.78 is 1.81. The number of hydrogen-bond donors (Lipinski definition) is 0. The molecule has 0 aromatic carbocycles. The van der Waals surface area contributed by atoms with Crippen LogP contribution in [0.25, 0.3) is 0 Å². The lowest BCUT2D eigenvalue weighted by molar-refractivity contribution is 0.0796. The second-order valence-corrected chi connectivity index (χ2v) is 7.82. The number of carbonyl (C=O) groups excluding carboxylic acids is 1. The van der Waals surface area contributed by atoms with E-state index in [2.05, 4.69) is 36.8 Å². The molecule has 0 bridgehead atoms. The summed E-state index contributed by atoms with van der Waals surface area (Å²) in [5.74, 6) is 0.0304. The van der Waals surface area contributed by atoms with Crippen LogP contribution in [0.3, 0.4) is 0 Å². The molecule has 0 aliphatic rings. The van der Waals surface area contributed by atoms with Gasteiger partial charge in [0.25, 0.3) is 5.91 Å². The Labute approximate surface area is 132 Å². The molecule has 2 heterocycles. The second-order valence-electron chi connectivity index (χ2n) is 4.07. The maximum absolute atomic E-state index is 12.3. The van der Waals surface area contributed by atoms with Crippen molar-refractivity contribution in [1.82, 2.24) is 9.88 Å². The number of nitrogens with zero attached hydrogens (tertiary/aromatic N) is 2. The van der Waals surface area contributed by atoms with E-state index in [1.54, 1.807) is 17.3 Å². The molecular weight excluding hydrogens is 392 g/mol. The molecule has 2 aromatic heterocycles. The van der Waals surface area contributed by atoms with Gasteiger partial charge in [0.2, 0.25) is 0 Å². The van der Waals surface area contributed by atoms with Gasteiger partial charge >= 0.3 is 0 Å². The molecule has 0 fully saturated rings. The van der Waals surface area contributed by atoms with E-state index >= 15 is 0 Å². The lowest BCUT2D eigenvalue weighted by Crippen LogP contribution is -2.28. The highest BCUT2D eigenvalue weighted by Gasteiger charge is 2.17.